The van der Waals surface area contributed by atoms with Gasteiger partial charge >= 0.3 is 12.2 Å². The van der Waals surface area contributed by atoms with Crippen LogP contribution in [0.15, 0.2) is 48.7 Å². The minimum Gasteiger partial charge on any atom is -0.406 e. The Morgan fingerprint density at radius 3 is 2.59 bits per heavy atom. The lowest BCUT2D eigenvalue weighted by atomic mass is 10.3. The van der Waals surface area contributed by atoms with Crippen molar-refractivity contribution in [2.45, 2.75) is 6.36 Å². The maximum absolute atomic E-state index is 12.2. The molecule has 2 aromatic heterocycles. The molecule has 2 heterocycles. The highest BCUT2D eigenvalue weighted by molar-refractivity contribution is 5.94. The summed E-state index contributed by atoms with van der Waals surface area (Å²) < 4.78 is 41.6. The van der Waals surface area contributed by atoms with Crippen LogP contribution in [0, 0.1) is 10.1 Å². The van der Waals surface area contributed by atoms with Crippen molar-refractivity contribution in [2.75, 3.05) is 23.8 Å². The molecule has 3 aromatic rings. The number of hydrogen-bond donors (Lipinski definition) is 1. The predicted octanol–water partition coefficient (Wildman–Crippen LogP) is 3.22. The van der Waals surface area contributed by atoms with Gasteiger partial charge in [-0.15, -0.1) is 13.2 Å². The first kappa shape index (κ1) is 19.9. The number of halogens is 3. The number of hydrogen-bond acceptors (Lipinski definition) is 6. The number of alkyl halides is 3. The Morgan fingerprint density at radius 1 is 1.28 bits per heavy atom. The number of nitrogens with one attached hydrogen (secondary N) is 1. The van der Waals surface area contributed by atoms with Gasteiger partial charge in [0.05, 0.1) is 12.7 Å². The van der Waals surface area contributed by atoms with Crippen LogP contribution in [0.3, 0.4) is 0 Å². The Hall–Kier alpha value is -3.83. The van der Waals surface area contributed by atoms with E-state index in [-0.39, 0.29) is 23.9 Å². The summed E-state index contributed by atoms with van der Waals surface area (Å²) >= 11 is 0. The molecule has 1 aromatic carbocycles. The number of ether oxygens (including phenoxy) is 1. The van der Waals surface area contributed by atoms with Crippen LogP contribution in [0.2, 0.25) is 0 Å². The number of imidazole rings is 1. The Kier molecular flexibility index (Phi) is 5.26. The Balaban J connectivity index is 1.70. The molecule has 1 amide bonds. The van der Waals surface area contributed by atoms with Gasteiger partial charge in [0, 0.05) is 18.8 Å². The molecule has 0 spiro atoms. The summed E-state index contributed by atoms with van der Waals surface area (Å²) in [7, 11) is 1.47. The molecule has 0 bridgehead atoms. The van der Waals surface area contributed by atoms with Crippen LogP contribution in [0.25, 0.3) is 5.65 Å². The average molecular weight is 409 g/mol. The van der Waals surface area contributed by atoms with Gasteiger partial charge in [0.15, 0.2) is 0 Å². The number of pyridine rings is 1. The quantitative estimate of drug-likeness (QED) is 0.496. The lowest BCUT2D eigenvalue weighted by Crippen LogP contribution is -2.30. The molecule has 0 saturated heterocycles. The van der Waals surface area contributed by atoms with Crippen molar-refractivity contribution in [3.05, 3.63) is 58.8 Å². The van der Waals surface area contributed by atoms with E-state index in [1.165, 1.54) is 34.7 Å². The standard InChI is InChI=1S/C17H14F3N5O4/c1-23(15-16(25(27)28)24-9-3-2-4-13(24)22-15)10-14(26)21-11-5-7-12(8-6-11)29-17(18,19)20/h2-9H,10H2,1H3,(H,21,26). The van der Waals surface area contributed by atoms with Gasteiger partial charge in [-0.2, -0.15) is 9.38 Å². The molecular weight excluding hydrogens is 395 g/mol. The lowest BCUT2D eigenvalue weighted by molar-refractivity contribution is -0.389. The third-order valence-corrected chi connectivity index (χ3v) is 3.77. The zero-order valence-electron chi connectivity index (χ0n) is 14.9. The van der Waals surface area contributed by atoms with Crippen molar-refractivity contribution >= 4 is 28.9 Å². The molecular formula is C17H14F3N5O4. The highest BCUT2D eigenvalue weighted by Crippen LogP contribution is 2.28. The molecule has 0 aliphatic heterocycles. The van der Waals surface area contributed by atoms with Crippen molar-refractivity contribution in [3.63, 3.8) is 0 Å². The molecule has 0 fully saturated rings. The van der Waals surface area contributed by atoms with E-state index in [2.05, 4.69) is 15.0 Å². The number of likely N-dealkylation sites (N-methyl/N-ethyl adjacent to an activating group) is 1. The number of anilines is 2. The highest BCUT2D eigenvalue weighted by Gasteiger charge is 2.31. The number of carbonyl (C=O) groups excluding carboxylic acids is 1. The minimum absolute atomic E-state index is 0.00488. The summed E-state index contributed by atoms with van der Waals surface area (Å²) in [5.41, 5.74) is 0.587. The van der Waals surface area contributed by atoms with Gasteiger partial charge in [0.1, 0.15) is 5.75 Å². The maximum atomic E-state index is 12.2. The third kappa shape index (κ3) is 4.72. The number of rotatable bonds is 6. The Morgan fingerprint density at radius 2 is 1.97 bits per heavy atom. The van der Waals surface area contributed by atoms with Crippen molar-refractivity contribution in [1.82, 2.24) is 9.38 Å². The summed E-state index contributed by atoms with van der Waals surface area (Å²) in [5, 5.41) is 13.9. The second-order valence-electron chi connectivity index (χ2n) is 5.92. The van der Waals surface area contributed by atoms with E-state index in [4.69, 9.17) is 0 Å². The highest BCUT2D eigenvalue weighted by atomic mass is 19.4. The van der Waals surface area contributed by atoms with Gasteiger partial charge in [-0.05, 0) is 35.3 Å². The van der Waals surface area contributed by atoms with Gasteiger partial charge < -0.3 is 25.1 Å². The molecule has 9 nitrogen and oxygen atoms in total. The number of amides is 1. The smallest absolute Gasteiger partial charge is 0.406 e. The van der Waals surface area contributed by atoms with E-state index >= 15 is 0 Å². The monoisotopic (exact) mass is 409 g/mol. The van der Waals surface area contributed by atoms with E-state index < -0.39 is 22.9 Å². The van der Waals surface area contributed by atoms with Gasteiger partial charge in [-0.1, -0.05) is 6.07 Å². The molecule has 0 radical (unpaired) electrons. The first-order valence-corrected chi connectivity index (χ1v) is 8.12. The summed E-state index contributed by atoms with van der Waals surface area (Å²) in [6.45, 7) is -0.272. The van der Waals surface area contributed by atoms with Crippen LogP contribution in [0.1, 0.15) is 0 Å². The van der Waals surface area contributed by atoms with E-state index in [1.807, 2.05) is 0 Å². The van der Waals surface area contributed by atoms with Crippen LogP contribution < -0.4 is 15.0 Å². The molecule has 29 heavy (non-hydrogen) atoms. The molecule has 3 rings (SSSR count). The van der Waals surface area contributed by atoms with E-state index in [1.54, 1.807) is 18.2 Å². The lowest BCUT2D eigenvalue weighted by Gasteiger charge is -2.16. The van der Waals surface area contributed by atoms with Crippen LogP contribution >= 0.6 is 0 Å². The molecule has 0 aliphatic rings. The van der Waals surface area contributed by atoms with E-state index in [0.29, 0.717) is 5.65 Å². The van der Waals surface area contributed by atoms with E-state index in [0.717, 1.165) is 12.1 Å². The van der Waals surface area contributed by atoms with Crippen molar-refractivity contribution in [1.29, 1.82) is 0 Å². The van der Waals surface area contributed by atoms with Crippen molar-refractivity contribution in [3.8, 4) is 5.75 Å². The summed E-state index contributed by atoms with van der Waals surface area (Å²) in [4.78, 5) is 28.6. The Bertz CT molecular complexity index is 1050. The van der Waals surface area contributed by atoms with Gasteiger partial charge in [-0.25, -0.2) is 0 Å². The van der Waals surface area contributed by atoms with Crippen LogP contribution in [-0.2, 0) is 4.79 Å². The topological polar surface area (TPSA) is 102 Å². The fourth-order valence-corrected chi connectivity index (χ4v) is 2.63. The zero-order chi connectivity index (χ0) is 21.2. The zero-order valence-corrected chi connectivity index (χ0v) is 14.9. The summed E-state index contributed by atoms with van der Waals surface area (Å²) in [5.74, 6) is -1.24. The van der Waals surface area contributed by atoms with Crippen molar-refractivity contribution < 1.29 is 27.6 Å². The molecule has 152 valence electrons. The predicted molar refractivity (Wildman–Crippen MR) is 96.9 cm³/mol. The van der Waals surface area contributed by atoms with Crippen LogP contribution in [0.5, 0.6) is 5.75 Å². The van der Waals surface area contributed by atoms with Gasteiger partial charge in [0.2, 0.25) is 17.4 Å². The van der Waals surface area contributed by atoms with Crippen LogP contribution in [-0.4, -0.2) is 40.2 Å². The molecule has 0 atom stereocenters. The third-order valence-electron chi connectivity index (χ3n) is 3.77. The molecule has 1 N–H and O–H groups in total. The van der Waals surface area contributed by atoms with Crippen LogP contribution in [0.4, 0.5) is 30.5 Å². The van der Waals surface area contributed by atoms with Gasteiger partial charge in [0.25, 0.3) is 0 Å². The van der Waals surface area contributed by atoms with Crippen molar-refractivity contribution in [2.24, 2.45) is 0 Å². The number of fused-ring (bicyclic) bond motifs is 1. The molecule has 0 aliphatic carbocycles. The summed E-state index contributed by atoms with van der Waals surface area (Å²) in [6.07, 6.45) is -3.32. The fourth-order valence-electron chi connectivity index (χ4n) is 2.63. The number of benzene rings is 1. The number of nitro groups is 1. The first-order valence-electron chi connectivity index (χ1n) is 8.12. The first-order chi connectivity index (χ1) is 13.6. The number of aromatic nitrogens is 2. The normalized spacial score (nSPS) is 11.3. The van der Waals surface area contributed by atoms with E-state index in [9.17, 15) is 28.1 Å². The summed E-state index contributed by atoms with van der Waals surface area (Å²) in [6, 6.07) is 9.48. The average Bonchev–Trinajstić information content (AvgIpc) is 3.02. The SMILES string of the molecule is CN(CC(=O)Nc1ccc(OC(F)(F)F)cc1)c1nc2ccccn2c1[N+](=O)[O-]. The molecule has 12 heteroatoms. The second kappa shape index (κ2) is 7.66. The molecule has 0 unspecified atom stereocenters. The minimum atomic E-state index is -4.81. The maximum Gasteiger partial charge on any atom is 0.573 e. The fraction of sp³-hybridized carbons (Fsp3) is 0.176. The molecule has 0 saturated carbocycles. The Labute approximate surface area is 161 Å². The second-order valence-corrected chi connectivity index (χ2v) is 5.92. The largest absolute Gasteiger partial charge is 0.573 e. The van der Waals surface area contributed by atoms with Gasteiger partial charge in [-0.3, -0.25) is 4.79 Å². The number of nitrogens with zero attached hydrogens (tertiary/aromatic N) is 4. The number of carbonyl (C=O) groups is 1.